The maximum Gasteiger partial charge on any atom is 0.151 e. The average molecular weight is 289 g/mol. The molecule has 2 nitrogen and oxygen atoms in total. The van der Waals surface area contributed by atoms with Crippen molar-refractivity contribution in [3.8, 4) is 0 Å². The number of hydrogen-bond acceptors (Lipinski definition) is 3. The molecule has 2 rings (SSSR count). The summed E-state index contributed by atoms with van der Waals surface area (Å²) < 4.78 is 27.0. The molecule has 3 N–H and O–H groups in total. The minimum Gasteiger partial charge on any atom is -0.395 e. The number of nitrogens with one attached hydrogen (secondary N) is 1. The first kappa shape index (κ1) is 13.1. The smallest absolute Gasteiger partial charge is 0.151 e. The molecule has 0 aliphatic carbocycles. The molecule has 1 heterocycles. The Hall–Kier alpha value is -1.33. The van der Waals surface area contributed by atoms with E-state index in [1.807, 2.05) is 13.0 Å². The topological polar surface area (TPSA) is 38.0 Å². The maximum absolute atomic E-state index is 13.3. The van der Waals surface area contributed by atoms with Crippen molar-refractivity contribution in [2.45, 2.75) is 13.0 Å². The van der Waals surface area contributed by atoms with Crippen molar-refractivity contribution in [3.05, 3.63) is 45.1 Å². The first-order chi connectivity index (χ1) is 8.47. The molecule has 0 aliphatic rings. The average Bonchev–Trinajstić information content (AvgIpc) is 2.72. The van der Waals surface area contributed by atoms with Gasteiger partial charge in [-0.25, -0.2) is 8.78 Å². The van der Waals surface area contributed by atoms with Gasteiger partial charge in [0, 0.05) is 10.9 Å². The summed E-state index contributed by atoms with van der Waals surface area (Å²) in [6.45, 7) is 1.87. The summed E-state index contributed by atoms with van der Waals surface area (Å²) in [6, 6.07) is 5.43. The number of halogens is 3. The molecule has 2 aromatic rings. The van der Waals surface area contributed by atoms with Crippen molar-refractivity contribution < 1.29 is 8.78 Å². The lowest BCUT2D eigenvalue weighted by atomic mass is 10.2. The van der Waals surface area contributed by atoms with E-state index in [-0.39, 0.29) is 17.4 Å². The van der Waals surface area contributed by atoms with Crippen molar-refractivity contribution in [1.29, 1.82) is 0 Å². The van der Waals surface area contributed by atoms with Crippen LogP contribution in [-0.2, 0) is 0 Å². The Morgan fingerprint density at radius 1 is 1.33 bits per heavy atom. The Labute approximate surface area is 112 Å². The molecule has 1 aromatic heterocycles. The third-order valence-corrected chi connectivity index (χ3v) is 3.90. The van der Waals surface area contributed by atoms with Gasteiger partial charge in [0.2, 0.25) is 0 Å². The van der Waals surface area contributed by atoms with Crippen LogP contribution < -0.4 is 11.1 Å². The van der Waals surface area contributed by atoms with E-state index in [0.29, 0.717) is 4.34 Å². The van der Waals surface area contributed by atoms with Gasteiger partial charge in [-0.2, -0.15) is 0 Å². The normalized spacial score (nSPS) is 12.4. The highest BCUT2D eigenvalue weighted by atomic mass is 35.5. The minimum atomic E-state index is -0.770. The van der Waals surface area contributed by atoms with Crippen molar-refractivity contribution in [2.24, 2.45) is 0 Å². The molecule has 0 saturated heterocycles. The second-order valence-electron chi connectivity index (χ2n) is 3.86. The summed E-state index contributed by atoms with van der Waals surface area (Å²) in [7, 11) is 0. The molecule has 0 radical (unpaired) electrons. The molecule has 1 unspecified atom stereocenters. The quantitative estimate of drug-likeness (QED) is 0.820. The zero-order chi connectivity index (χ0) is 13.3. The van der Waals surface area contributed by atoms with Gasteiger partial charge >= 0.3 is 0 Å². The van der Waals surface area contributed by atoms with Crippen LogP contribution in [0.2, 0.25) is 4.34 Å². The lowest BCUT2D eigenvalue weighted by Crippen LogP contribution is -2.08. The van der Waals surface area contributed by atoms with E-state index < -0.39 is 11.6 Å². The number of thiophene rings is 1. The molecular weight excluding hydrogens is 278 g/mol. The summed E-state index contributed by atoms with van der Waals surface area (Å²) in [5.41, 5.74) is 5.70. The van der Waals surface area contributed by atoms with Gasteiger partial charge in [0.25, 0.3) is 0 Å². The Morgan fingerprint density at radius 3 is 2.67 bits per heavy atom. The van der Waals surface area contributed by atoms with E-state index in [2.05, 4.69) is 5.32 Å². The molecule has 0 aliphatic heterocycles. The Morgan fingerprint density at radius 2 is 2.06 bits per heavy atom. The molecule has 1 aromatic carbocycles. The molecular formula is C12H11ClF2N2S. The van der Waals surface area contributed by atoms with Crippen molar-refractivity contribution >= 4 is 34.3 Å². The lowest BCUT2D eigenvalue weighted by molar-refractivity contribution is 0.586. The van der Waals surface area contributed by atoms with Crippen LogP contribution in [-0.4, -0.2) is 0 Å². The predicted octanol–water partition coefficient (Wildman–Crippen LogP) is 4.44. The number of nitrogens with two attached hydrogens (primary N) is 1. The second kappa shape index (κ2) is 5.12. The minimum absolute atomic E-state index is 0.0918. The summed E-state index contributed by atoms with van der Waals surface area (Å²) >= 11 is 7.24. The highest BCUT2D eigenvalue weighted by molar-refractivity contribution is 7.16. The van der Waals surface area contributed by atoms with Gasteiger partial charge in [-0.15, -0.1) is 11.3 Å². The third kappa shape index (κ3) is 2.73. The van der Waals surface area contributed by atoms with E-state index in [1.165, 1.54) is 17.4 Å². The number of nitrogen functional groups attached to an aromatic ring is 1. The fourth-order valence-electron chi connectivity index (χ4n) is 1.57. The first-order valence-electron chi connectivity index (χ1n) is 5.23. The summed E-state index contributed by atoms with van der Waals surface area (Å²) in [6.07, 6.45) is 0. The lowest BCUT2D eigenvalue weighted by Gasteiger charge is -2.15. The molecule has 0 bridgehead atoms. The molecule has 18 heavy (non-hydrogen) atoms. The maximum atomic E-state index is 13.3. The van der Waals surface area contributed by atoms with Crippen LogP contribution >= 0.6 is 22.9 Å². The zero-order valence-electron chi connectivity index (χ0n) is 9.51. The van der Waals surface area contributed by atoms with Crippen LogP contribution in [0.25, 0.3) is 0 Å². The zero-order valence-corrected chi connectivity index (χ0v) is 11.1. The van der Waals surface area contributed by atoms with Crippen LogP contribution in [0.3, 0.4) is 0 Å². The van der Waals surface area contributed by atoms with E-state index >= 15 is 0 Å². The standard InChI is InChI=1S/C12H11ClF2N2S/c1-6(10-2-3-11(13)18-10)17-9-5-7(14)4-8(15)12(9)16/h2-6,17H,16H2,1H3. The number of rotatable bonds is 3. The van der Waals surface area contributed by atoms with E-state index in [4.69, 9.17) is 17.3 Å². The molecule has 0 saturated carbocycles. The summed E-state index contributed by atoms with van der Waals surface area (Å²) in [5.74, 6) is -1.44. The molecule has 96 valence electrons. The molecule has 0 fully saturated rings. The molecule has 0 spiro atoms. The van der Waals surface area contributed by atoms with Crippen LogP contribution in [0.4, 0.5) is 20.2 Å². The van der Waals surface area contributed by atoms with E-state index in [1.54, 1.807) is 6.07 Å². The number of anilines is 2. The fourth-order valence-corrected chi connectivity index (χ4v) is 2.63. The van der Waals surface area contributed by atoms with Gasteiger partial charge in [0.15, 0.2) is 5.82 Å². The summed E-state index contributed by atoms with van der Waals surface area (Å²) in [5, 5.41) is 2.97. The van der Waals surface area contributed by atoms with Gasteiger partial charge in [0.1, 0.15) is 5.82 Å². The molecule has 6 heteroatoms. The molecule has 0 amide bonds. The fraction of sp³-hybridized carbons (Fsp3) is 0.167. The number of hydrogen-bond donors (Lipinski definition) is 2. The number of benzene rings is 1. The predicted molar refractivity (Wildman–Crippen MR) is 72.1 cm³/mol. The van der Waals surface area contributed by atoms with Crippen LogP contribution in [0.1, 0.15) is 17.8 Å². The van der Waals surface area contributed by atoms with Gasteiger partial charge in [-0.05, 0) is 25.1 Å². The second-order valence-corrected chi connectivity index (χ2v) is 5.60. The van der Waals surface area contributed by atoms with Gasteiger partial charge < -0.3 is 11.1 Å². The monoisotopic (exact) mass is 288 g/mol. The van der Waals surface area contributed by atoms with Gasteiger partial charge in [-0.1, -0.05) is 11.6 Å². The first-order valence-corrected chi connectivity index (χ1v) is 6.43. The SMILES string of the molecule is CC(Nc1cc(F)cc(F)c1N)c1ccc(Cl)s1. The Balaban J connectivity index is 2.24. The van der Waals surface area contributed by atoms with Crippen LogP contribution in [0.5, 0.6) is 0 Å². The van der Waals surface area contributed by atoms with Crippen LogP contribution in [0, 0.1) is 11.6 Å². The summed E-state index contributed by atoms with van der Waals surface area (Å²) in [4.78, 5) is 0.962. The van der Waals surface area contributed by atoms with Crippen molar-refractivity contribution in [1.82, 2.24) is 0 Å². The van der Waals surface area contributed by atoms with Crippen molar-refractivity contribution in [3.63, 3.8) is 0 Å². The Kier molecular flexibility index (Phi) is 3.73. The highest BCUT2D eigenvalue weighted by Crippen LogP contribution is 2.31. The molecule has 1 atom stereocenters. The van der Waals surface area contributed by atoms with Gasteiger partial charge in [0.05, 0.1) is 21.8 Å². The van der Waals surface area contributed by atoms with Crippen LogP contribution in [0.15, 0.2) is 24.3 Å². The van der Waals surface area contributed by atoms with E-state index in [9.17, 15) is 8.78 Å². The van der Waals surface area contributed by atoms with Crippen molar-refractivity contribution in [2.75, 3.05) is 11.1 Å². The third-order valence-electron chi connectivity index (χ3n) is 2.49. The highest BCUT2D eigenvalue weighted by Gasteiger charge is 2.13. The Bertz CT molecular complexity index is 571. The van der Waals surface area contributed by atoms with Gasteiger partial charge in [-0.3, -0.25) is 0 Å². The van der Waals surface area contributed by atoms with E-state index in [0.717, 1.165) is 10.9 Å². The largest absolute Gasteiger partial charge is 0.395 e.